The van der Waals surface area contributed by atoms with E-state index in [9.17, 15) is 4.39 Å². The molecule has 2 rings (SSSR count). The molecule has 0 spiro atoms. The van der Waals surface area contributed by atoms with Gasteiger partial charge in [-0.2, -0.15) is 0 Å². The first-order chi connectivity index (χ1) is 6.25. The fourth-order valence-corrected chi connectivity index (χ4v) is 1.29. The Bertz CT molecular complexity index is 310. The third-order valence-electron chi connectivity index (χ3n) is 2.46. The Morgan fingerprint density at radius 2 is 2.14 bits per heavy atom. The van der Waals surface area contributed by atoms with Gasteiger partial charge in [-0.3, -0.25) is 0 Å². The highest BCUT2D eigenvalue weighted by atomic mass is 35.5. The maximum Gasteiger partial charge on any atom is 0.128 e. The van der Waals surface area contributed by atoms with Gasteiger partial charge in [0.05, 0.1) is 0 Å². The van der Waals surface area contributed by atoms with Crippen molar-refractivity contribution in [1.82, 2.24) is 0 Å². The van der Waals surface area contributed by atoms with E-state index in [1.807, 2.05) is 12.1 Å². The van der Waals surface area contributed by atoms with Gasteiger partial charge in [-0.1, -0.05) is 6.07 Å². The normalized spacial score (nSPS) is 14.7. The van der Waals surface area contributed by atoms with Gasteiger partial charge in [0.15, 0.2) is 0 Å². The minimum absolute atomic E-state index is 0. The lowest BCUT2D eigenvalue weighted by Crippen LogP contribution is -2.03. The summed E-state index contributed by atoms with van der Waals surface area (Å²) in [4.78, 5) is 0. The Hall–Kier alpha value is -0.760. The van der Waals surface area contributed by atoms with Crippen LogP contribution in [0.25, 0.3) is 0 Å². The lowest BCUT2D eigenvalue weighted by atomic mass is 10.2. The Morgan fingerprint density at radius 1 is 1.43 bits per heavy atom. The van der Waals surface area contributed by atoms with Crippen LogP contribution in [0.3, 0.4) is 0 Å². The van der Waals surface area contributed by atoms with Crippen LogP contribution in [0.1, 0.15) is 18.4 Å². The SMILES string of the molecule is Cc1ccc(NCC2CC2)cc1F.Cl. The number of anilines is 1. The predicted molar refractivity (Wildman–Crippen MR) is 59.6 cm³/mol. The molecule has 0 amide bonds. The van der Waals surface area contributed by atoms with Gasteiger partial charge in [-0.15, -0.1) is 12.4 Å². The highest BCUT2D eigenvalue weighted by Gasteiger charge is 2.20. The maximum absolute atomic E-state index is 13.1. The largest absolute Gasteiger partial charge is 0.385 e. The Kier molecular flexibility index (Phi) is 3.76. The van der Waals surface area contributed by atoms with Gasteiger partial charge in [0, 0.05) is 12.2 Å². The standard InChI is InChI=1S/C11H14FN.ClH/c1-8-2-5-10(6-11(8)12)13-7-9-3-4-9;/h2,5-6,9,13H,3-4,7H2,1H3;1H. The zero-order valence-corrected chi connectivity index (χ0v) is 9.03. The molecule has 0 radical (unpaired) electrons. The van der Waals surface area contributed by atoms with E-state index in [0.717, 1.165) is 18.2 Å². The monoisotopic (exact) mass is 215 g/mol. The van der Waals surface area contributed by atoms with Gasteiger partial charge in [0.2, 0.25) is 0 Å². The van der Waals surface area contributed by atoms with Gasteiger partial charge in [-0.25, -0.2) is 4.39 Å². The zero-order valence-electron chi connectivity index (χ0n) is 8.22. The first-order valence-electron chi connectivity index (χ1n) is 4.76. The summed E-state index contributed by atoms with van der Waals surface area (Å²) in [7, 11) is 0. The molecule has 14 heavy (non-hydrogen) atoms. The third kappa shape index (κ3) is 2.88. The molecule has 0 aliphatic heterocycles. The van der Waals surface area contributed by atoms with E-state index in [1.165, 1.54) is 12.8 Å². The topological polar surface area (TPSA) is 12.0 Å². The molecule has 0 unspecified atom stereocenters. The number of nitrogens with one attached hydrogen (secondary N) is 1. The van der Waals surface area contributed by atoms with Gasteiger partial charge in [-0.05, 0) is 43.4 Å². The van der Waals surface area contributed by atoms with Crippen molar-refractivity contribution in [2.45, 2.75) is 19.8 Å². The Labute approximate surface area is 90.1 Å². The zero-order chi connectivity index (χ0) is 9.26. The molecule has 1 aliphatic carbocycles. The minimum atomic E-state index is -0.124. The van der Waals surface area contributed by atoms with E-state index in [0.29, 0.717) is 5.56 Å². The summed E-state index contributed by atoms with van der Waals surface area (Å²) in [5.41, 5.74) is 1.60. The lowest BCUT2D eigenvalue weighted by Gasteiger charge is -2.05. The summed E-state index contributed by atoms with van der Waals surface area (Å²) in [5, 5.41) is 3.23. The van der Waals surface area contributed by atoms with Gasteiger partial charge in [0.25, 0.3) is 0 Å². The van der Waals surface area contributed by atoms with Gasteiger partial charge >= 0.3 is 0 Å². The molecule has 0 bridgehead atoms. The lowest BCUT2D eigenvalue weighted by molar-refractivity contribution is 0.619. The van der Waals surface area contributed by atoms with E-state index in [1.54, 1.807) is 13.0 Å². The average Bonchev–Trinajstić information content (AvgIpc) is 2.91. The predicted octanol–water partition coefficient (Wildman–Crippen LogP) is 3.38. The van der Waals surface area contributed by atoms with Crippen molar-refractivity contribution in [1.29, 1.82) is 0 Å². The molecule has 3 heteroatoms. The molecule has 1 aromatic rings. The van der Waals surface area contributed by atoms with Crippen molar-refractivity contribution < 1.29 is 4.39 Å². The minimum Gasteiger partial charge on any atom is -0.385 e. The van der Waals surface area contributed by atoms with Crippen LogP contribution in [0.5, 0.6) is 0 Å². The van der Waals surface area contributed by atoms with E-state index in [2.05, 4.69) is 5.32 Å². The van der Waals surface area contributed by atoms with Crippen LogP contribution in [-0.4, -0.2) is 6.54 Å². The van der Waals surface area contributed by atoms with E-state index in [-0.39, 0.29) is 18.2 Å². The summed E-state index contributed by atoms with van der Waals surface area (Å²) in [6, 6.07) is 5.31. The van der Waals surface area contributed by atoms with Crippen molar-refractivity contribution in [3.8, 4) is 0 Å². The maximum atomic E-state index is 13.1. The number of rotatable bonds is 3. The van der Waals surface area contributed by atoms with Crippen LogP contribution >= 0.6 is 12.4 Å². The number of hydrogen-bond donors (Lipinski definition) is 1. The number of benzene rings is 1. The first kappa shape index (κ1) is 11.3. The van der Waals surface area contributed by atoms with Gasteiger partial charge in [0.1, 0.15) is 5.82 Å². The summed E-state index contributed by atoms with van der Waals surface area (Å²) in [5.74, 6) is 0.699. The van der Waals surface area contributed by atoms with Crippen LogP contribution in [-0.2, 0) is 0 Å². The second-order valence-corrected chi connectivity index (χ2v) is 3.79. The summed E-state index contributed by atoms with van der Waals surface area (Å²) in [6.45, 7) is 2.77. The molecule has 1 nitrogen and oxygen atoms in total. The molecule has 1 aromatic carbocycles. The van der Waals surface area contributed by atoms with E-state index < -0.39 is 0 Å². The molecule has 1 aliphatic rings. The molecule has 1 saturated carbocycles. The van der Waals surface area contributed by atoms with Crippen molar-refractivity contribution in [2.75, 3.05) is 11.9 Å². The fraction of sp³-hybridized carbons (Fsp3) is 0.455. The summed E-state index contributed by atoms with van der Waals surface area (Å²) >= 11 is 0. The quantitative estimate of drug-likeness (QED) is 0.815. The molecular weight excluding hydrogens is 201 g/mol. The smallest absolute Gasteiger partial charge is 0.128 e. The van der Waals surface area contributed by atoms with Crippen LogP contribution in [0, 0.1) is 18.7 Å². The fourth-order valence-electron chi connectivity index (χ4n) is 1.29. The second kappa shape index (κ2) is 4.65. The van der Waals surface area contributed by atoms with Crippen molar-refractivity contribution >= 4 is 18.1 Å². The second-order valence-electron chi connectivity index (χ2n) is 3.79. The third-order valence-corrected chi connectivity index (χ3v) is 2.46. The molecule has 0 atom stereocenters. The van der Waals surface area contributed by atoms with E-state index in [4.69, 9.17) is 0 Å². The number of aryl methyl sites for hydroxylation is 1. The highest BCUT2D eigenvalue weighted by Crippen LogP contribution is 2.29. The van der Waals surface area contributed by atoms with Crippen LogP contribution in [0.4, 0.5) is 10.1 Å². The Morgan fingerprint density at radius 3 is 2.71 bits per heavy atom. The van der Waals surface area contributed by atoms with Crippen LogP contribution < -0.4 is 5.32 Å². The Balaban J connectivity index is 0.000000980. The number of hydrogen-bond acceptors (Lipinski definition) is 1. The van der Waals surface area contributed by atoms with E-state index >= 15 is 0 Å². The van der Waals surface area contributed by atoms with Crippen LogP contribution in [0.15, 0.2) is 18.2 Å². The summed E-state index contributed by atoms with van der Waals surface area (Å²) < 4.78 is 13.1. The first-order valence-corrected chi connectivity index (χ1v) is 4.76. The number of halogens is 2. The van der Waals surface area contributed by atoms with Crippen molar-refractivity contribution in [2.24, 2.45) is 5.92 Å². The molecule has 0 heterocycles. The molecule has 0 saturated heterocycles. The average molecular weight is 216 g/mol. The van der Waals surface area contributed by atoms with Crippen molar-refractivity contribution in [3.63, 3.8) is 0 Å². The molecule has 78 valence electrons. The van der Waals surface area contributed by atoms with Crippen molar-refractivity contribution in [3.05, 3.63) is 29.6 Å². The molecule has 1 N–H and O–H groups in total. The molecule has 0 aromatic heterocycles. The molecule has 1 fully saturated rings. The highest BCUT2D eigenvalue weighted by molar-refractivity contribution is 5.85. The molecular formula is C11H15ClFN. The van der Waals surface area contributed by atoms with Crippen LogP contribution in [0.2, 0.25) is 0 Å². The van der Waals surface area contributed by atoms with Gasteiger partial charge < -0.3 is 5.32 Å². The summed E-state index contributed by atoms with van der Waals surface area (Å²) in [6.07, 6.45) is 2.64.